The quantitative estimate of drug-likeness (QED) is 0.433. The Balaban J connectivity index is 0.00000220. The summed E-state index contributed by atoms with van der Waals surface area (Å²) in [6, 6.07) is 0. The number of nitrogens with one attached hydrogen (secondary N) is 2. The Hall–Kier alpha value is -0.410. The van der Waals surface area contributed by atoms with Gasteiger partial charge in [0.05, 0.1) is 11.6 Å². The van der Waals surface area contributed by atoms with Gasteiger partial charge in [-0.15, -0.1) is 35.3 Å². The number of likely N-dealkylation sites (tertiary alicyclic amines) is 1. The first-order valence-electron chi connectivity index (χ1n) is 7.36. The third-order valence-corrected chi connectivity index (χ3v) is 4.40. The average molecular weight is 423 g/mol. The molecule has 7 heteroatoms. The number of nitrogens with zero attached hydrogens (tertiary/aromatic N) is 3. The lowest BCUT2D eigenvalue weighted by Crippen LogP contribution is -2.42. The highest BCUT2D eigenvalue weighted by Gasteiger charge is 2.09. The third-order valence-electron chi connectivity index (χ3n) is 3.49. The summed E-state index contributed by atoms with van der Waals surface area (Å²) in [4.78, 5) is 12.3. The summed E-state index contributed by atoms with van der Waals surface area (Å²) in [7, 11) is 1.81. The van der Waals surface area contributed by atoms with Gasteiger partial charge in [0, 0.05) is 31.2 Å². The lowest BCUT2D eigenvalue weighted by atomic mass is 10.1. The van der Waals surface area contributed by atoms with Gasteiger partial charge in [0.25, 0.3) is 0 Å². The van der Waals surface area contributed by atoms with Crippen molar-refractivity contribution >= 4 is 41.3 Å². The molecule has 0 spiro atoms. The predicted octanol–water partition coefficient (Wildman–Crippen LogP) is 2.22. The van der Waals surface area contributed by atoms with E-state index >= 15 is 0 Å². The molecule has 2 heterocycles. The van der Waals surface area contributed by atoms with E-state index in [-0.39, 0.29) is 24.0 Å². The van der Waals surface area contributed by atoms with Gasteiger partial charge in [0.2, 0.25) is 0 Å². The number of piperidine rings is 1. The molecule has 2 N–H and O–H groups in total. The Bertz CT molecular complexity index is 429. The van der Waals surface area contributed by atoms with Crippen LogP contribution in [0.2, 0.25) is 0 Å². The minimum absolute atomic E-state index is 0. The number of guanidine groups is 1. The van der Waals surface area contributed by atoms with Crippen molar-refractivity contribution in [3.05, 3.63) is 16.1 Å². The Kier molecular flexibility index (Phi) is 9.18. The molecular formula is C14H26IN5S. The van der Waals surface area contributed by atoms with E-state index in [1.54, 1.807) is 11.3 Å². The van der Waals surface area contributed by atoms with Crippen LogP contribution in [0.1, 0.15) is 29.1 Å². The Labute approximate surface area is 148 Å². The van der Waals surface area contributed by atoms with Crippen molar-refractivity contribution < 1.29 is 0 Å². The lowest BCUT2D eigenvalue weighted by Gasteiger charge is -2.26. The van der Waals surface area contributed by atoms with Crippen LogP contribution in [0, 0.1) is 6.92 Å². The van der Waals surface area contributed by atoms with E-state index in [0.717, 1.165) is 30.6 Å². The summed E-state index contributed by atoms with van der Waals surface area (Å²) in [5.74, 6) is 0.869. The zero-order valence-corrected chi connectivity index (χ0v) is 16.0. The summed E-state index contributed by atoms with van der Waals surface area (Å²) >= 11 is 1.72. The first kappa shape index (κ1) is 18.6. The third kappa shape index (κ3) is 6.92. The Morgan fingerprint density at radius 2 is 2.10 bits per heavy atom. The van der Waals surface area contributed by atoms with Gasteiger partial charge in [0.1, 0.15) is 0 Å². The van der Waals surface area contributed by atoms with Gasteiger partial charge in [-0.25, -0.2) is 4.98 Å². The summed E-state index contributed by atoms with van der Waals surface area (Å²) in [6.07, 6.45) is 6.00. The van der Waals surface area contributed by atoms with E-state index in [0.29, 0.717) is 0 Å². The number of aromatic nitrogens is 1. The standard InChI is InChI=1S/C14H25N5S.HI/c1-12-17-10-13(20-12)11-18-14(15-2)16-6-9-19-7-4-3-5-8-19;/h10H,3-9,11H2,1-2H3,(H2,15,16,18);1H. The average Bonchev–Trinajstić information content (AvgIpc) is 2.89. The van der Waals surface area contributed by atoms with Gasteiger partial charge in [-0.1, -0.05) is 6.42 Å². The normalized spacial score (nSPS) is 16.4. The molecule has 0 radical (unpaired) electrons. The van der Waals surface area contributed by atoms with E-state index in [1.807, 2.05) is 20.2 Å². The Morgan fingerprint density at radius 3 is 2.71 bits per heavy atom. The minimum atomic E-state index is 0. The molecule has 0 aromatic carbocycles. The molecule has 1 aromatic heterocycles. The van der Waals surface area contributed by atoms with E-state index in [9.17, 15) is 0 Å². The molecule has 2 rings (SSSR count). The fourth-order valence-corrected chi connectivity index (χ4v) is 3.13. The number of rotatable bonds is 5. The number of aliphatic imine (C=N–C) groups is 1. The maximum Gasteiger partial charge on any atom is 0.191 e. The second-order valence-corrected chi connectivity index (χ2v) is 6.42. The highest BCUT2D eigenvalue weighted by atomic mass is 127. The van der Waals surface area contributed by atoms with Crippen molar-refractivity contribution in [2.45, 2.75) is 32.7 Å². The molecule has 120 valence electrons. The second kappa shape index (κ2) is 10.3. The molecule has 1 aliphatic heterocycles. The highest BCUT2D eigenvalue weighted by molar-refractivity contribution is 14.0. The second-order valence-electron chi connectivity index (χ2n) is 5.10. The molecule has 5 nitrogen and oxygen atoms in total. The van der Waals surface area contributed by atoms with Gasteiger partial charge < -0.3 is 15.5 Å². The lowest BCUT2D eigenvalue weighted by molar-refractivity contribution is 0.232. The van der Waals surface area contributed by atoms with Crippen molar-refractivity contribution in [3.63, 3.8) is 0 Å². The largest absolute Gasteiger partial charge is 0.355 e. The number of halogens is 1. The fourth-order valence-electron chi connectivity index (χ4n) is 2.39. The van der Waals surface area contributed by atoms with Crippen LogP contribution in [0.25, 0.3) is 0 Å². The number of thiazole rings is 1. The van der Waals surface area contributed by atoms with Crippen LogP contribution in [0.5, 0.6) is 0 Å². The first-order chi connectivity index (χ1) is 9.78. The zero-order valence-electron chi connectivity index (χ0n) is 12.9. The molecule has 0 bridgehead atoms. The number of aryl methyl sites for hydroxylation is 1. The maximum absolute atomic E-state index is 4.26. The fraction of sp³-hybridized carbons (Fsp3) is 0.714. The summed E-state index contributed by atoms with van der Waals surface area (Å²) in [5, 5.41) is 7.81. The molecule has 1 aromatic rings. The number of hydrogen-bond acceptors (Lipinski definition) is 4. The van der Waals surface area contributed by atoms with Gasteiger partial charge in [0.15, 0.2) is 5.96 Å². The maximum atomic E-state index is 4.26. The van der Waals surface area contributed by atoms with Crippen molar-refractivity contribution in [2.24, 2.45) is 4.99 Å². The molecule has 1 saturated heterocycles. The van der Waals surface area contributed by atoms with Gasteiger partial charge in [-0.3, -0.25) is 4.99 Å². The Morgan fingerprint density at radius 1 is 1.33 bits per heavy atom. The molecule has 0 atom stereocenters. The molecule has 21 heavy (non-hydrogen) atoms. The van der Waals surface area contributed by atoms with Gasteiger partial charge in [-0.05, 0) is 32.9 Å². The molecular weight excluding hydrogens is 397 g/mol. The molecule has 0 unspecified atom stereocenters. The van der Waals surface area contributed by atoms with Crippen LogP contribution in [-0.4, -0.2) is 49.1 Å². The summed E-state index contributed by atoms with van der Waals surface area (Å²) in [6.45, 7) is 7.35. The van der Waals surface area contributed by atoms with E-state index < -0.39 is 0 Å². The topological polar surface area (TPSA) is 52.6 Å². The first-order valence-corrected chi connectivity index (χ1v) is 8.18. The molecule has 0 aliphatic carbocycles. The molecule has 1 aliphatic rings. The molecule has 0 amide bonds. The van der Waals surface area contributed by atoms with E-state index in [4.69, 9.17) is 0 Å². The minimum Gasteiger partial charge on any atom is -0.355 e. The van der Waals surface area contributed by atoms with Crippen LogP contribution in [-0.2, 0) is 6.54 Å². The van der Waals surface area contributed by atoms with Crippen molar-refractivity contribution in [2.75, 3.05) is 33.2 Å². The highest BCUT2D eigenvalue weighted by Crippen LogP contribution is 2.10. The van der Waals surface area contributed by atoms with Crippen molar-refractivity contribution in [1.29, 1.82) is 0 Å². The zero-order chi connectivity index (χ0) is 14.2. The van der Waals surface area contributed by atoms with E-state index in [2.05, 4.69) is 25.5 Å². The number of hydrogen-bond donors (Lipinski definition) is 2. The van der Waals surface area contributed by atoms with Crippen molar-refractivity contribution in [3.8, 4) is 0 Å². The van der Waals surface area contributed by atoms with Crippen LogP contribution in [0.15, 0.2) is 11.2 Å². The van der Waals surface area contributed by atoms with Crippen LogP contribution in [0.3, 0.4) is 0 Å². The van der Waals surface area contributed by atoms with Crippen LogP contribution >= 0.6 is 35.3 Å². The molecule has 1 fully saturated rings. The predicted molar refractivity (Wildman–Crippen MR) is 101 cm³/mol. The smallest absolute Gasteiger partial charge is 0.191 e. The van der Waals surface area contributed by atoms with Gasteiger partial charge in [-0.2, -0.15) is 0 Å². The summed E-state index contributed by atoms with van der Waals surface area (Å²) in [5.41, 5.74) is 0. The monoisotopic (exact) mass is 423 g/mol. The molecule has 0 saturated carbocycles. The van der Waals surface area contributed by atoms with Crippen LogP contribution in [0.4, 0.5) is 0 Å². The SMILES string of the molecule is CN=C(NCCN1CCCCC1)NCc1cnc(C)s1.I. The van der Waals surface area contributed by atoms with Gasteiger partial charge >= 0.3 is 0 Å². The summed E-state index contributed by atoms with van der Waals surface area (Å²) < 4.78 is 0. The van der Waals surface area contributed by atoms with E-state index in [1.165, 1.54) is 37.2 Å². The van der Waals surface area contributed by atoms with Crippen molar-refractivity contribution in [1.82, 2.24) is 20.5 Å². The van der Waals surface area contributed by atoms with Crippen LogP contribution < -0.4 is 10.6 Å².